The Bertz CT molecular complexity index is 784. The largest absolute Gasteiger partial charge is 0.449 e. The van der Waals surface area contributed by atoms with Crippen molar-refractivity contribution in [3.63, 3.8) is 0 Å². The Labute approximate surface area is 161 Å². The molecule has 1 N–H and O–H groups in total. The highest BCUT2D eigenvalue weighted by Gasteiger charge is 2.20. The summed E-state index contributed by atoms with van der Waals surface area (Å²) >= 11 is 0. The van der Waals surface area contributed by atoms with Gasteiger partial charge in [0, 0.05) is 25.5 Å². The highest BCUT2D eigenvalue weighted by Crippen LogP contribution is 2.26. The van der Waals surface area contributed by atoms with Crippen LogP contribution in [0.1, 0.15) is 49.0 Å². The second-order valence-corrected chi connectivity index (χ2v) is 6.87. The lowest BCUT2D eigenvalue weighted by Gasteiger charge is -2.18. The average Bonchev–Trinajstić information content (AvgIpc) is 2.67. The Morgan fingerprint density at radius 1 is 1.04 bits per heavy atom. The highest BCUT2D eigenvalue weighted by molar-refractivity contribution is 5.97. The predicted octanol–water partition coefficient (Wildman–Crippen LogP) is 4.45. The van der Waals surface area contributed by atoms with Crippen molar-refractivity contribution in [3.05, 3.63) is 59.7 Å². The van der Waals surface area contributed by atoms with E-state index in [0.717, 1.165) is 23.4 Å². The van der Waals surface area contributed by atoms with Gasteiger partial charge in [0.1, 0.15) is 0 Å². The van der Waals surface area contributed by atoms with Crippen LogP contribution < -0.4 is 10.2 Å². The second kappa shape index (κ2) is 9.21. The van der Waals surface area contributed by atoms with Crippen LogP contribution >= 0.6 is 0 Å². The molecule has 0 unspecified atom stereocenters. The Balaban J connectivity index is 2.02. The lowest BCUT2D eigenvalue weighted by Crippen LogP contribution is -2.30. The average molecular weight is 368 g/mol. The van der Waals surface area contributed by atoms with E-state index in [1.165, 1.54) is 0 Å². The number of anilines is 2. The molecule has 27 heavy (non-hydrogen) atoms. The molecule has 144 valence electrons. The number of carbonyl (C=O) groups is 2. The summed E-state index contributed by atoms with van der Waals surface area (Å²) in [4.78, 5) is 26.7. The Kier molecular flexibility index (Phi) is 6.99. The summed E-state index contributed by atoms with van der Waals surface area (Å²) in [5.41, 5.74) is 3.24. The van der Waals surface area contributed by atoms with Gasteiger partial charge >= 0.3 is 5.97 Å². The topological polar surface area (TPSA) is 58.6 Å². The van der Waals surface area contributed by atoms with Crippen LogP contribution in [0.3, 0.4) is 0 Å². The van der Waals surface area contributed by atoms with Crippen molar-refractivity contribution in [1.82, 2.24) is 0 Å². The van der Waals surface area contributed by atoms with E-state index in [1.54, 1.807) is 19.1 Å². The maximum Gasteiger partial charge on any atom is 0.338 e. The fourth-order valence-electron chi connectivity index (χ4n) is 2.67. The normalized spacial score (nSPS) is 12.8. The highest BCUT2D eigenvalue weighted by atomic mass is 16.5. The van der Waals surface area contributed by atoms with Gasteiger partial charge in [-0.1, -0.05) is 32.0 Å². The molecule has 0 aromatic heterocycles. The molecule has 0 saturated heterocycles. The van der Waals surface area contributed by atoms with Gasteiger partial charge in [-0.25, -0.2) is 4.79 Å². The second-order valence-electron chi connectivity index (χ2n) is 6.87. The summed E-state index contributed by atoms with van der Waals surface area (Å²) in [7, 11) is 3.86. The zero-order valence-electron chi connectivity index (χ0n) is 16.7. The third-order valence-corrected chi connectivity index (χ3v) is 4.63. The van der Waals surface area contributed by atoms with Gasteiger partial charge in [-0.2, -0.15) is 0 Å². The summed E-state index contributed by atoms with van der Waals surface area (Å²) in [6.45, 7) is 5.80. The maximum atomic E-state index is 12.5. The molecule has 0 bridgehead atoms. The minimum absolute atomic E-state index is 0.328. The fraction of sp³-hybridized carbons (Fsp3) is 0.364. The molecule has 5 heteroatoms. The van der Waals surface area contributed by atoms with Crippen LogP contribution in [-0.2, 0) is 9.53 Å². The van der Waals surface area contributed by atoms with E-state index < -0.39 is 12.1 Å². The quantitative estimate of drug-likeness (QED) is 0.734. The van der Waals surface area contributed by atoms with E-state index in [4.69, 9.17) is 4.74 Å². The molecule has 0 spiro atoms. The number of benzene rings is 2. The van der Waals surface area contributed by atoms with E-state index in [-0.39, 0.29) is 5.91 Å². The summed E-state index contributed by atoms with van der Waals surface area (Å²) in [6, 6.07) is 14.8. The van der Waals surface area contributed by atoms with Gasteiger partial charge in [0.2, 0.25) is 0 Å². The molecule has 5 nitrogen and oxygen atoms in total. The molecule has 2 aromatic carbocycles. The first kappa shape index (κ1) is 20.5. The van der Waals surface area contributed by atoms with E-state index in [0.29, 0.717) is 11.5 Å². The van der Waals surface area contributed by atoms with Crippen LogP contribution in [0.5, 0.6) is 0 Å². The predicted molar refractivity (Wildman–Crippen MR) is 109 cm³/mol. The molecule has 0 fully saturated rings. The first-order valence-corrected chi connectivity index (χ1v) is 9.21. The Hall–Kier alpha value is -2.82. The smallest absolute Gasteiger partial charge is 0.338 e. The first-order chi connectivity index (χ1) is 12.8. The number of para-hydroxylation sites is 1. The zero-order valence-corrected chi connectivity index (χ0v) is 16.7. The first-order valence-electron chi connectivity index (χ1n) is 9.21. The molecular weight excluding hydrogens is 340 g/mol. The number of carbonyl (C=O) groups excluding carboxylic acids is 2. The maximum absolute atomic E-state index is 12.5. The molecule has 0 saturated carbocycles. The summed E-state index contributed by atoms with van der Waals surface area (Å²) in [5, 5.41) is 2.88. The van der Waals surface area contributed by atoms with Crippen molar-refractivity contribution in [2.24, 2.45) is 0 Å². The number of hydrogen-bond acceptors (Lipinski definition) is 4. The van der Waals surface area contributed by atoms with E-state index in [2.05, 4.69) is 19.2 Å². The lowest BCUT2D eigenvalue weighted by molar-refractivity contribution is -0.123. The Morgan fingerprint density at radius 3 is 2.26 bits per heavy atom. The molecule has 0 aliphatic carbocycles. The summed E-state index contributed by atoms with van der Waals surface area (Å²) < 4.78 is 5.33. The van der Waals surface area contributed by atoms with Gasteiger partial charge in [-0.15, -0.1) is 0 Å². The molecule has 2 rings (SSSR count). The van der Waals surface area contributed by atoms with Crippen molar-refractivity contribution in [1.29, 1.82) is 0 Å². The Morgan fingerprint density at radius 2 is 1.67 bits per heavy atom. The van der Waals surface area contributed by atoms with Crippen LogP contribution in [0.2, 0.25) is 0 Å². The molecule has 1 amide bonds. The van der Waals surface area contributed by atoms with Gasteiger partial charge in [-0.3, -0.25) is 4.79 Å². The standard InChI is InChI=1S/C22H28N2O3/c1-6-15(2)19-9-7-8-10-20(19)23-21(25)16(3)27-22(26)17-11-13-18(14-12-17)24(4)5/h7-16H,6H2,1-5H3,(H,23,25)/t15-,16+/m0/s1. The van der Waals surface area contributed by atoms with Crippen LogP contribution in [0, 0.1) is 0 Å². The van der Waals surface area contributed by atoms with Crippen LogP contribution in [0.4, 0.5) is 11.4 Å². The number of esters is 1. The molecular formula is C22H28N2O3. The molecule has 0 aliphatic rings. The molecule has 0 radical (unpaired) electrons. The summed E-state index contributed by atoms with van der Waals surface area (Å²) in [5.74, 6) is -0.531. The number of rotatable bonds is 7. The number of ether oxygens (including phenoxy) is 1. The van der Waals surface area contributed by atoms with Gasteiger partial charge in [0.05, 0.1) is 5.56 Å². The van der Waals surface area contributed by atoms with E-state index in [9.17, 15) is 9.59 Å². The van der Waals surface area contributed by atoms with Gasteiger partial charge in [0.15, 0.2) is 6.10 Å². The third-order valence-electron chi connectivity index (χ3n) is 4.63. The molecule has 0 heterocycles. The summed E-state index contributed by atoms with van der Waals surface area (Å²) in [6.07, 6.45) is 0.0800. The van der Waals surface area contributed by atoms with Crippen LogP contribution in [0.25, 0.3) is 0 Å². The number of nitrogens with zero attached hydrogens (tertiary/aromatic N) is 1. The van der Waals surface area contributed by atoms with Crippen LogP contribution in [0.15, 0.2) is 48.5 Å². The van der Waals surface area contributed by atoms with Gasteiger partial charge in [-0.05, 0) is 55.2 Å². The van der Waals surface area contributed by atoms with Gasteiger partial charge < -0.3 is 15.0 Å². The van der Waals surface area contributed by atoms with Crippen molar-refractivity contribution in [2.45, 2.75) is 39.2 Å². The minimum Gasteiger partial charge on any atom is -0.449 e. The number of hydrogen-bond donors (Lipinski definition) is 1. The fourth-order valence-corrected chi connectivity index (χ4v) is 2.67. The van der Waals surface area contributed by atoms with E-state index >= 15 is 0 Å². The van der Waals surface area contributed by atoms with Gasteiger partial charge in [0.25, 0.3) is 5.91 Å². The van der Waals surface area contributed by atoms with Crippen LogP contribution in [-0.4, -0.2) is 32.1 Å². The monoisotopic (exact) mass is 368 g/mol. The minimum atomic E-state index is -0.893. The van der Waals surface area contributed by atoms with Crippen molar-refractivity contribution < 1.29 is 14.3 Å². The molecule has 2 atom stereocenters. The van der Waals surface area contributed by atoms with E-state index in [1.807, 2.05) is 55.4 Å². The lowest BCUT2D eigenvalue weighted by atomic mass is 9.97. The third kappa shape index (κ3) is 5.33. The number of amides is 1. The van der Waals surface area contributed by atoms with Crippen molar-refractivity contribution >= 4 is 23.3 Å². The SMILES string of the molecule is CC[C@H](C)c1ccccc1NC(=O)[C@@H](C)OC(=O)c1ccc(N(C)C)cc1. The molecule has 2 aromatic rings. The number of nitrogens with one attached hydrogen (secondary N) is 1. The van der Waals surface area contributed by atoms with Crippen molar-refractivity contribution in [2.75, 3.05) is 24.3 Å². The zero-order chi connectivity index (χ0) is 20.0. The molecule has 0 aliphatic heterocycles. The van der Waals surface area contributed by atoms with Crippen molar-refractivity contribution in [3.8, 4) is 0 Å².